The molecule has 0 N–H and O–H groups in total. The summed E-state index contributed by atoms with van der Waals surface area (Å²) in [7, 11) is 1.57. The van der Waals surface area contributed by atoms with Crippen LogP contribution in [-0.4, -0.2) is 43.5 Å². The van der Waals surface area contributed by atoms with Crippen LogP contribution in [0.25, 0.3) is 5.57 Å². The van der Waals surface area contributed by atoms with E-state index >= 15 is 0 Å². The zero-order chi connectivity index (χ0) is 21.8. The molecule has 0 bridgehead atoms. The second-order valence-electron chi connectivity index (χ2n) is 7.79. The molecular weight excluding hydrogens is 392 g/mol. The van der Waals surface area contributed by atoms with Gasteiger partial charge in [0.15, 0.2) is 0 Å². The van der Waals surface area contributed by atoms with Crippen molar-refractivity contribution in [3.63, 3.8) is 0 Å². The van der Waals surface area contributed by atoms with Crippen molar-refractivity contribution in [3.8, 4) is 11.5 Å². The molecule has 2 aromatic carbocycles. The summed E-state index contributed by atoms with van der Waals surface area (Å²) < 4.78 is 11.0. The summed E-state index contributed by atoms with van der Waals surface area (Å²) in [6.07, 6.45) is 4.10. The molecule has 2 amide bonds. The standard InChI is InChI=1S/C25H28N2O4/c1-3-16-31-20-12-10-18(11-13-20)22-23(26-14-5-4-6-15-26)25(29)27(24(22)28)19-8-7-9-21(17-19)30-2/h7-13,17H,3-6,14-16H2,1-2H3. The number of amides is 2. The second-order valence-corrected chi connectivity index (χ2v) is 7.79. The first-order chi connectivity index (χ1) is 15.1. The topological polar surface area (TPSA) is 59.1 Å². The van der Waals surface area contributed by atoms with Gasteiger partial charge in [0.2, 0.25) is 0 Å². The first kappa shape index (κ1) is 21.0. The van der Waals surface area contributed by atoms with Crippen molar-refractivity contribution in [2.24, 2.45) is 0 Å². The number of imide groups is 1. The van der Waals surface area contributed by atoms with Crippen molar-refractivity contribution >= 4 is 23.1 Å². The van der Waals surface area contributed by atoms with Crippen LogP contribution < -0.4 is 14.4 Å². The summed E-state index contributed by atoms with van der Waals surface area (Å²) >= 11 is 0. The summed E-state index contributed by atoms with van der Waals surface area (Å²) in [4.78, 5) is 30.5. The second kappa shape index (κ2) is 9.25. The van der Waals surface area contributed by atoms with Crippen LogP contribution in [-0.2, 0) is 9.59 Å². The van der Waals surface area contributed by atoms with E-state index in [0.717, 1.165) is 50.1 Å². The number of rotatable bonds is 7. The largest absolute Gasteiger partial charge is 0.497 e. The molecule has 1 fully saturated rings. The number of benzene rings is 2. The molecule has 2 aliphatic heterocycles. The zero-order valence-corrected chi connectivity index (χ0v) is 18.1. The Morgan fingerprint density at radius 2 is 1.65 bits per heavy atom. The summed E-state index contributed by atoms with van der Waals surface area (Å²) in [5.74, 6) is 0.776. The molecule has 0 radical (unpaired) electrons. The van der Waals surface area contributed by atoms with E-state index in [1.807, 2.05) is 24.3 Å². The molecule has 2 aliphatic rings. The van der Waals surface area contributed by atoms with Gasteiger partial charge in [0.25, 0.3) is 11.8 Å². The summed E-state index contributed by atoms with van der Waals surface area (Å²) in [6.45, 7) is 4.26. The van der Waals surface area contributed by atoms with Gasteiger partial charge >= 0.3 is 0 Å². The lowest BCUT2D eigenvalue weighted by atomic mass is 10.0. The number of piperidine rings is 1. The third-order valence-electron chi connectivity index (χ3n) is 5.66. The smallest absolute Gasteiger partial charge is 0.282 e. The van der Waals surface area contributed by atoms with Crippen molar-refractivity contribution < 1.29 is 19.1 Å². The number of carbonyl (C=O) groups is 2. The summed E-state index contributed by atoms with van der Waals surface area (Å²) in [6, 6.07) is 14.5. The Bertz CT molecular complexity index is 991. The average Bonchev–Trinajstić information content (AvgIpc) is 3.08. The Kier molecular flexibility index (Phi) is 6.26. The maximum atomic E-state index is 13.6. The number of anilines is 1. The molecule has 0 aromatic heterocycles. The normalized spacial score (nSPS) is 16.8. The van der Waals surface area contributed by atoms with Crippen molar-refractivity contribution in [1.82, 2.24) is 4.90 Å². The fraction of sp³-hybridized carbons (Fsp3) is 0.360. The minimum Gasteiger partial charge on any atom is -0.497 e. The van der Waals surface area contributed by atoms with Crippen LogP contribution in [0, 0.1) is 0 Å². The van der Waals surface area contributed by atoms with E-state index in [-0.39, 0.29) is 11.8 Å². The number of hydrogen-bond donors (Lipinski definition) is 0. The van der Waals surface area contributed by atoms with Gasteiger partial charge in [-0.05, 0) is 55.5 Å². The van der Waals surface area contributed by atoms with Gasteiger partial charge in [-0.15, -0.1) is 0 Å². The third kappa shape index (κ3) is 4.15. The Morgan fingerprint density at radius 3 is 2.32 bits per heavy atom. The van der Waals surface area contributed by atoms with Gasteiger partial charge in [0, 0.05) is 19.2 Å². The highest BCUT2D eigenvalue weighted by molar-refractivity contribution is 6.45. The van der Waals surface area contributed by atoms with Crippen molar-refractivity contribution in [3.05, 3.63) is 59.8 Å². The molecule has 0 unspecified atom stereocenters. The number of ether oxygens (including phenoxy) is 2. The molecule has 0 saturated carbocycles. The van der Waals surface area contributed by atoms with E-state index in [9.17, 15) is 9.59 Å². The van der Waals surface area contributed by atoms with Crippen LogP contribution in [0.15, 0.2) is 54.2 Å². The van der Waals surface area contributed by atoms with Gasteiger partial charge in [-0.2, -0.15) is 0 Å². The fourth-order valence-electron chi connectivity index (χ4n) is 4.11. The summed E-state index contributed by atoms with van der Waals surface area (Å²) in [5.41, 5.74) is 2.20. The van der Waals surface area contributed by atoms with Gasteiger partial charge in [0.05, 0.1) is 25.0 Å². The molecule has 2 aromatic rings. The highest BCUT2D eigenvalue weighted by Crippen LogP contribution is 2.37. The maximum absolute atomic E-state index is 13.6. The van der Waals surface area contributed by atoms with E-state index in [1.165, 1.54) is 4.90 Å². The molecule has 31 heavy (non-hydrogen) atoms. The number of hydrogen-bond acceptors (Lipinski definition) is 5. The van der Waals surface area contributed by atoms with E-state index in [0.29, 0.717) is 29.3 Å². The van der Waals surface area contributed by atoms with E-state index in [2.05, 4.69) is 11.8 Å². The monoisotopic (exact) mass is 420 g/mol. The van der Waals surface area contributed by atoms with Gasteiger partial charge in [-0.25, -0.2) is 4.90 Å². The Balaban J connectivity index is 1.74. The van der Waals surface area contributed by atoms with Crippen LogP contribution in [0.1, 0.15) is 38.2 Å². The highest BCUT2D eigenvalue weighted by Gasteiger charge is 2.42. The summed E-state index contributed by atoms with van der Waals surface area (Å²) in [5, 5.41) is 0. The van der Waals surface area contributed by atoms with Crippen LogP contribution >= 0.6 is 0 Å². The first-order valence-corrected chi connectivity index (χ1v) is 10.9. The number of likely N-dealkylation sites (tertiary alicyclic amines) is 1. The van der Waals surface area contributed by atoms with Crippen molar-refractivity contribution in [1.29, 1.82) is 0 Å². The molecule has 2 heterocycles. The molecular formula is C25H28N2O4. The number of carbonyl (C=O) groups excluding carboxylic acids is 2. The van der Waals surface area contributed by atoms with Crippen LogP contribution in [0.2, 0.25) is 0 Å². The van der Waals surface area contributed by atoms with Gasteiger partial charge in [0.1, 0.15) is 17.2 Å². The molecule has 0 atom stereocenters. The van der Waals surface area contributed by atoms with Crippen LogP contribution in [0.5, 0.6) is 11.5 Å². The van der Waals surface area contributed by atoms with E-state index < -0.39 is 0 Å². The Labute approximate surface area is 183 Å². The fourth-order valence-corrected chi connectivity index (χ4v) is 4.11. The first-order valence-electron chi connectivity index (χ1n) is 10.9. The molecule has 0 aliphatic carbocycles. The minimum atomic E-state index is -0.305. The lowest BCUT2D eigenvalue weighted by molar-refractivity contribution is -0.120. The predicted octanol–water partition coefficient (Wildman–Crippen LogP) is 4.25. The van der Waals surface area contributed by atoms with E-state index in [1.54, 1.807) is 31.4 Å². The number of methoxy groups -OCH3 is 1. The Morgan fingerprint density at radius 1 is 0.903 bits per heavy atom. The molecule has 0 spiro atoms. The zero-order valence-electron chi connectivity index (χ0n) is 18.1. The van der Waals surface area contributed by atoms with Crippen LogP contribution in [0.3, 0.4) is 0 Å². The van der Waals surface area contributed by atoms with E-state index in [4.69, 9.17) is 9.47 Å². The van der Waals surface area contributed by atoms with Crippen molar-refractivity contribution in [2.45, 2.75) is 32.6 Å². The Hall–Kier alpha value is -3.28. The third-order valence-corrected chi connectivity index (χ3v) is 5.66. The molecule has 1 saturated heterocycles. The van der Waals surface area contributed by atoms with Gasteiger partial charge < -0.3 is 14.4 Å². The van der Waals surface area contributed by atoms with Crippen molar-refractivity contribution in [2.75, 3.05) is 31.7 Å². The highest BCUT2D eigenvalue weighted by atomic mass is 16.5. The molecule has 6 heteroatoms. The lowest BCUT2D eigenvalue weighted by Gasteiger charge is -2.29. The number of nitrogens with zero attached hydrogens (tertiary/aromatic N) is 2. The van der Waals surface area contributed by atoms with Crippen LogP contribution in [0.4, 0.5) is 5.69 Å². The predicted molar refractivity (Wildman–Crippen MR) is 120 cm³/mol. The van der Waals surface area contributed by atoms with Gasteiger partial charge in [-0.3, -0.25) is 9.59 Å². The van der Waals surface area contributed by atoms with Gasteiger partial charge in [-0.1, -0.05) is 25.1 Å². The minimum absolute atomic E-state index is 0.276. The lowest BCUT2D eigenvalue weighted by Crippen LogP contribution is -2.37. The molecule has 4 rings (SSSR count). The maximum Gasteiger partial charge on any atom is 0.282 e. The molecule has 162 valence electrons. The average molecular weight is 421 g/mol. The quantitative estimate of drug-likeness (QED) is 0.627. The SMILES string of the molecule is CCCOc1ccc(C2=C(N3CCCCC3)C(=O)N(c3cccc(OC)c3)C2=O)cc1. The molecule has 6 nitrogen and oxygen atoms in total.